The van der Waals surface area contributed by atoms with E-state index in [2.05, 4.69) is 5.32 Å². The van der Waals surface area contributed by atoms with E-state index in [-0.39, 0.29) is 11.6 Å². The minimum atomic E-state index is -0.767. The molecule has 0 aromatic heterocycles. The van der Waals surface area contributed by atoms with Gasteiger partial charge in [-0.3, -0.25) is 4.79 Å². The van der Waals surface area contributed by atoms with Crippen molar-refractivity contribution in [3.05, 3.63) is 35.4 Å². The molecule has 3 nitrogen and oxygen atoms in total. The second-order valence-corrected chi connectivity index (χ2v) is 4.20. The van der Waals surface area contributed by atoms with E-state index >= 15 is 0 Å². The summed E-state index contributed by atoms with van der Waals surface area (Å²) >= 11 is 0. The van der Waals surface area contributed by atoms with Crippen molar-refractivity contribution in [1.82, 2.24) is 5.32 Å². The number of aliphatic hydroxyl groups is 1. The molecule has 1 aliphatic rings. The molecule has 1 fully saturated rings. The summed E-state index contributed by atoms with van der Waals surface area (Å²) in [5.74, 6) is -2.12. The number of hydrogen-bond acceptors (Lipinski definition) is 2. The summed E-state index contributed by atoms with van der Waals surface area (Å²) in [4.78, 5) is 11.7. The summed E-state index contributed by atoms with van der Waals surface area (Å²) in [5, 5.41) is 12.0. The Hall–Kier alpha value is -1.49. The van der Waals surface area contributed by atoms with Gasteiger partial charge in [-0.15, -0.1) is 0 Å². The van der Waals surface area contributed by atoms with Crippen molar-refractivity contribution in [3.8, 4) is 0 Å². The van der Waals surface area contributed by atoms with Crippen molar-refractivity contribution >= 4 is 5.91 Å². The Morgan fingerprint density at radius 2 is 2.12 bits per heavy atom. The topological polar surface area (TPSA) is 49.3 Å². The minimum Gasteiger partial charge on any atom is -0.391 e. The Labute approximate surface area is 97.5 Å². The number of halogens is 2. The van der Waals surface area contributed by atoms with E-state index in [1.54, 1.807) is 0 Å². The lowest BCUT2D eigenvalue weighted by atomic mass is 10.1. The maximum atomic E-state index is 13.3. The number of carbonyl (C=O) groups excluding carboxylic acids is 1. The highest BCUT2D eigenvalue weighted by Crippen LogP contribution is 2.19. The SMILES string of the molecule is O=C(N[C@H]1CCC[C@@H]1O)c1cc(F)ccc1F. The third-order valence-corrected chi connectivity index (χ3v) is 2.97. The number of aliphatic hydroxyl groups excluding tert-OH is 1. The third-order valence-electron chi connectivity index (χ3n) is 2.97. The smallest absolute Gasteiger partial charge is 0.254 e. The lowest BCUT2D eigenvalue weighted by Crippen LogP contribution is -2.40. The van der Waals surface area contributed by atoms with Gasteiger partial charge in [-0.2, -0.15) is 0 Å². The highest BCUT2D eigenvalue weighted by molar-refractivity contribution is 5.94. The molecule has 2 N–H and O–H groups in total. The number of benzene rings is 1. The normalized spacial score (nSPS) is 23.7. The van der Waals surface area contributed by atoms with Crippen LogP contribution in [-0.2, 0) is 0 Å². The average molecular weight is 241 g/mol. The maximum Gasteiger partial charge on any atom is 0.254 e. The predicted molar refractivity (Wildman–Crippen MR) is 57.5 cm³/mol. The Bertz CT molecular complexity index is 437. The standard InChI is InChI=1S/C12H13F2NO2/c13-7-4-5-9(14)8(6-7)12(17)15-10-2-1-3-11(10)16/h4-6,10-11,16H,1-3H2,(H,15,17)/t10-,11-/m0/s1. The molecular formula is C12H13F2NO2. The molecule has 5 heteroatoms. The maximum absolute atomic E-state index is 13.3. The number of hydrogen-bond donors (Lipinski definition) is 2. The molecular weight excluding hydrogens is 228 g/mol. The monoisotopic (exact) mass is 241 g/mol. The van der Waals surface area contributed by atoms with Gasteiger partial charge in [-0.25, -0.2) is 8.78 Å². The molecule has 1 aliphatic carbocycles. The van der Waals surface area contributed by atoms with Crippen molar-refractivity contribution in [3.63, 3.8) is 0 Å². The van der Waals surface area contributed by atoms with Gasteiger partial charge in [-0.1, -0.05) is 0 Å². The zero-order valence-electron chi connectivity index (χ0n) is 9.12. The van der Waals surface area contributed by atoms with Gasteiger partial charge in [0.15, 0.2) is 0 Å². The predicted octanol–water partition coefficient (Wildman–Crippen LogP) is 1.61. The van der Waals surface area contributed by atoms with Gasteiger partial charge in [0, 0.05) is 0 Å². The number of nitrogens with one attached hydrogen (secondary N) is 1. The summed E-state index contributed by atoms with van der Waals surface area (Å²) in [6.07, 6.45) is 1.49. The first-order valence-corrected chi connectivity index (χ1v) is 5.52. The molecule has 17 heavy (non-hydrogen) atoms. The zero-order valence-corrected chi connectivity index (χ0v) is 9.12. The largest absolute Gasteiger partial charge is 0.391 e. The molecule has 1 aromatic carbocycles. The highest BCUT2D eigenvalue weighted by Gasteiger charge is 2.27. The number of carbonyl (C=O) groups is 1. The first-order valence-electron chi connectivity index (χ1n) is 5.52. The van der Waals surface area contributed by atoms with Gasteiger partial charge in [0.05, 0.1) is 17.7 Å². The molecule has 1 aromatic rings. The molecule has 0 unspecified atom stereocenters. The van der Waals surface area contributed by atoms with Gasteiger partial charge in [0.1, 0.15) is 11.6 Å². The summed E-state index contributed by atoms with van der Waals surface area (Å²) in [6, 6.07) is 2.35. The van der Waals surface area contributed by atoms with Crippen LogP contribution in [-0.4, -0.2) is 23.2 Å². The van der Waals surface area contributed by atoms with E-state index in [0.29, 0.717) is 12.8 Å². The zero-order chi connectivity index (χ0) is 12.4. The van der Waals surface area contributed by atoms with Crippen molar-refractivity contribution in [2.75, 3.05) is 0 Å². The van der Waals surface area contributed by atoms with E-state index in [9.17, 15) is 18.7 Å². The van der Waals surface area contributed by atoms with E-state index in [1.165, 1.54) is 0 Å². The van der Waals surface area contributed by atoms with Gasteiger partial charge < -0.3 is 10.4 Å². The third kappa shape index (κ3) is 2.61. The van der Waals surface area contributed by atoms with Crippen LogP contribution >= 0.6 is 0 Å². The van der Waals surface area contributed by atoms with Crippen LogP contribution in [0.3, 0.4) is 0 Å². The van der Waals surface area contributed by atoms with Gasteiger partial charge in [0.2, 0.25) is 0 Å². The summed E-state index contributed by atoms with van der Waals surface area (Å²) in [6.45, 7) is 0. The molecule has 0 spiro atoms. The average Bonchev–Trinajstić information content (AvgIpc) is 2.68. The molecule has 0 heterocycles. The molecule has 0 saturated heterocycles. The molecule has 1 amide bonds. The van der Waals surface area contributed by atoms with Crippen LogP contribution in [0.1, 0.15) is 29.6 Å². The van der Waals surface area contributed by atoms with E-state index < -0.39 is 23.6 Å². The molecule has 0 bridgehead atoms. The molecule has 2 atom stereocenters. The van der Waals surface area contributed by atoms with Crippen LogP contribution < -0.4 is 5.32 Å². The molecule has 2 rings (SSSR count). The fourth-order valence-corrected chi connectivity index (χ4v) is 2.03. The molecule has 0 aliphatic heterocycles. The van der Waals surface area contributed by atoms with Gasteiger partial charge in [-0.05, 0) is 37.5 Å². The Kier molecular flexibility index (Phi) is 3.38. The lowest BCUT2D eigenvalue weighted by Gasteiger charge is -2.16. The van der Waals surface area contributed by atoms with Gasteiger partial charge >= 0.3 is 0 Å². The summed E-state index contributed by atoms with van der Waals surface area (Å²) < 4.78 is 26.2. The van der Waals surface area contributed by atoms with Crippen molar-refractivity contribution in [2.24, 2.45) is 0 Å². The van der Waals surface area contributed by atoms with Crippen molar-refractivity contribution < 1.29 is 18.7 Å². The molecule has 92 valence electrons. The van der Waals surface area contributed by atoms with Crippen molar-refractivity contribution in [1.29, 1.82) is 0 Å². The number of amides is 1. The van der Waals surface area contributed by atoms with E-state index in [1.807, 2.05) is 0 Å². The summed E-state index contributed by atoms with van der Waals surface area (Å²) in [5.41, 5.74) is -0.330. The van der Waals surface area contributed by atoms with E-state index in [4.69, 9.17) is 0 Å². The van der Waals surface area contributed by atoms with E-state index in [0.717, 1.165) is 24.6 Å². The molecule has 1 saturated carbocycles. The van der Waals surface area contributed by atoms with Crippen LogP contribution in [0.2, 0.25) is 0 Å². The quantitative estimate of drug-likeness (QED) is 0.826. The molecule has 0 radical (unpaired) electrons. The lowest BCUT2D eigenvalue weighted by molar-refractivity contribution is 0.0869. The van der Waals surface area contributed by atoms with Crippen molar-refractivity contribution in [2.45, 2.75) is 31.4 Å². The summed E-state index contributed by atoms with van der Waals surface area (Å²) in [7, 11) is 0. The Balaban J connectivity index is 2.11. The first kappa shape index (κ1) is 12.0. The fraction of sp³-hybridized carbons (Fsp3) is 0.417. The van der Waals surface area contributed by atoms with Crippen LogP contribution in [0.4, 0.5) is 8.78 Å². The highest BCUT2D eigenvalue weighted by atomic mass is 19.1. The van der Waals surface area contributed by atoms with Crippen LogP contribution in [0.25, 0.3) is 0 Å². The Morgan fingerprint density at radius 1 is 1.35 bits per heavy atom. The number of rotatable bonds is 2. The Morgan fingerprint density at radius 3 is 2.76 bits per heavy atom. The van der Waals surface area contributed by atoms with Crippen LogP contribution in [0, 0.1) is 11.6 Å². The fourth-order valence-electron chi connectivity index (χ4n) is 2.03. The minimum absolute atomic E-state index is 0.330. The second kappa shape index (κ2) is 4.79. The van der Waals surface area contributed by atoms with Crippen LogP contribution in [0.15, 0.2) is 18.2 Å². The van der Waals surface area contributed by atoms with Crippen LogP contribution in [0.5, 0.6) is 0 Å². The second-order valence-electron chi connectivity index (χ2n) is 4.20. The first-order chi connectivity index (χ1) is 8.08. The van der Waals surface area contributed by atoms with Gasteiger partial charge in [0.25, 0.3) is 5.91 Å².